The summed E-state index contributed by atoms with van der Waals surface area (Å²) in [4.78, 5) is 29.2. The summed E-state index contributed by atoms with van der Waals surface area (Å²) in [6.07, 6.45) is 0.973. The van der Waals surface area contributed by atoms with Crippen molar-refractivity contribution in [2.45, 2.75) is 52.2 Å². The molecule has 0 radical (unpaired) electrons. The van der Waals surface area contributed by atoms with Gasteiger partial charge in [0.05, 0.1) is 6.61 Å². The van der Waals surface area contributed by atoms with Crippen LogP contribution in [-0.4, -0.2) is 74.5 Å². The Kier molecular flexibility index (Phi) is 12.1. The predicted octanol–water partition coefficient (Wildman–Crippen LogP) is 1.91. The second-order valence-electron chi connectivity index (χ2n) is 7.03. The molecule has 1 heterocycles. The molecule has 2 amide bonds. The lowest BCUT2D eigenvalue weighted by Crippen LogP contribution is -2.50. The van der Waals surface area contributed by atoms with Gasteiger partial charge in [-0.25, -0.2) is 9.59 Å². The van der Waals surface area contributed by atoms with Crippen LogP contribution in [0.5, 0.6) is 0 Å². The minimum absolute atomic E-state index is 0. The number of hydrogen-bond donors (Lipinski definition) is 3. The minimum atomic E-state index is -0.506. The molecular weight excluding hydrogens is 465 g/mol. The molecule has 1 aliphatic rings. The van der Waals surface area contributed by atoms with Gasteiger partial charge in [-0.3, -0.25) is 4.99 Å². The SMILES string of the molecule is CCOC(=O)N1CCC(NC(=NC)NCCNC(=O)OC(C)(C)C)CC1.I. The number of halogens is 1. The molecule has 9 nitrogen and oxygen atoms in total. The second kappa shape index (κ2) is 12.8. The van der Waals surface area contributed by atoms with Crippen molar-refractivity contribution in [3.05, 3.63) is 0 Å². The van der Waals surface area contributed by atoms with Crippen LogP contribution in [0.2, 0.25) is 0 Å². The quantitative estimate of drug-likeness (QED) is 0.231. The molecule has 0 aliphatic carbocycles. The molecule has 0 spiro atoms. The number of likely N-dealkylation sites (tertiary alicyclic amines) is 1. The number of amides is 2. The number of alkyl carbamates (subject to hydrolysis) is 1. The van der Waals surface area contributed by atoms with Gasteiger partial charge in [0.1, 0.15) is 5.60 Å². The smallest absolute Gasteiger partial charge is 0.409 e. The number of piperidine rings is 1. The van der Waals surface area contributed by atoms with Gasteiger partial charge < -0.3 is 30.3 Å². The van der Waals surface area contributed by atoms with Crippen molar-refractivity contribution in [2.24, 2.45) is 4.99 Å². The first-order chi connectivity index (χ1) is 12.2. The van der Waals surface area contributed by atoms with Gasteiger partial charge in [-0.05, 0) is 40.5 Å². The zero-order chi connectivity index (χ0) is 19.6. The Morgan fingerprint density at radius 1 is 1.15 bits per heavy atom. The standard InChI is InChI=1S/C17H33N5O4.HI/c1-6-25-16(24)22-11-7-13(8-12-22)21-14(18-5)19-9-10-20-15(23)26-17(2,3)4;/h13H,6-12H2,1-5H3,(H,20,23)(H2,18,19,21);1H. The topological polar surface area (TPSA) is 104 Å². The maximum Gasteiger partial charge on any atom is 0.409 e. The molecule has 1 aliphatic heterocycles. The third-order valence-electron chi connectivity index (χ3n) is 3.67. The van der Waals surface area contributed by atoms with E-state index >= 15 is 0 Å². The first-order valence-electron chi connectivity index (χ1n) is 9.11. The summed E-state index contributed by atoms with van der Waals surface area (Å²) < 4.78 is 10.2. The van der Waals surface area contributed by atoms with E-state index in [4.69, 9.17) is 9.47 Å². The number of nitrogens with zero attached hydrogens (tertiary/aromatic N) is 2. The van der Waals surface area contributed by atoms with Crippen LogP contribution in [0.25, 0.3) is 0 Å². The molecule has 158 valence electrons. The zero-order valence-corrected chi connectivity index (χ0v) is 19.3. The van der Waals surface area contributed by atoms with Crippen LogP contribution in [0, 0.1) is 0 Å². The molecule has 0 aromatic carbocycles. The Morgan fingerprint density at radius 3 is 2.26 bits per heavy atom. The van der Waals surface area contributed by atoms with E-state index in [-0.39, 0.29) is 36.1 Å². The zero-order valence-electron chi connectivity index (χ0n) is 17.0. The molecule has 27 heavy (non-hydrogen) atoms. The van der Waals surface area contributed by atoms with Gasteiger partial charge in [-0.15, -0.1) is 24.0 Å². The third-order valence-corrected chi connectivity index (χ3v) is 3.67. The van der Waals surface area contributed by atoms with E-state index in [9.17, 15) is 9.59 Å². The Morgan fingerprint density at radius 2 is 1.74 bits per heavy atom. The minimum Gasteiger partial charge on any atom is -0.450 e. The molecular formula is C17H34IN5O4. The first kappa shape index (κ1) is 25.5. The van der Waals surface area contributed by atoms with E-state index in [1.54, 1.807) is 18.9 Å². The number of rotatable bonds is 5. The number of carbonyl (C=O) groups is 2. The summed E-state index contributed by atoms with van der Waals surface area (Å²) in [6, 6.07) is 0.241. The van der Waals surface area contributed by atoms with Gasteiger partial charge in [0.25, 0.3) is 0 Å². The summed E-state index contributed by atoms with van der Waals surface area (Å²) in [7, 11) is 1.70. The Hall–Kier alpha value is -1.46. The fraction of sp³-hybridized carbons (Fsp3) is 0.824. The van der Waals surface area contributed by atoms with Crippen molar-refractivity contribution in [3.63, 3.8) is 0 Å². The molecule has 0 bridgehead atoms. The van der Waals surface area contributed by atoms with Crippen molar-refractivity contribution in [1.29, 1.82) is 0 Å². The summed E-state index contributed by atoms with van der Waals surface area (Å²) in [6.45, 7) is 9.95. The highest BCUT2D eigenvalue weighted by atomic mass is 127. The lowest BCUT2D eigenvalue weighted by atomic mass is 10.1. The average molecular weight is 499 g/mol. The van der Waals surface area contributed by atoms with Crippen LogP contribution >= 0.6 is 24.0 Å². The van der Waals surface area contributed by atoms with Crippen molar-refractivity contribution < 1.29 is 19.1 Å². The van der Waals surface area contributed by atoms with Gasteiger partial charge in [0.15, 0.2) is 5.96 Å². The largest absolute Gasteiger partial charge is 0.450 e. The number of nitrogens with one attached hydrogen (secondary N) is 3. The third kappa shape index (κ3) is 11.1. The fourth-order valence-electron chi connectivity index (χ4n) is 2.47. The molecule has 0 unspecified atom stereocenters. The van der Waals surface area contributed by atoms with Gasteiger partial charge in [-0.2, -0.15) is 0 Å². The molecule has 0 aromatic heterocycles. The average Bonchev–Trinajstić information content (AvgIpc) is 2.56. The molecule has 10 heteroatoms. The lowest BCUT2D eigenvalue weighted by Gasteiger charge is -2.32. The van der Waals surface area contributed by atoms with Crippen LogP contribution in [0.4, 0.5) is 9.59 Å². The van der Waals surface area contributed by atoms with Crippen molar-refractivity contribution >= 4 is 42.1 Å². The van der Waals surface area contributed by atoms with E-state index < -0.39 is 11.7 Å². The van der Waals surface area contributed by atoms with Crippen molar-refractivity contribution in [1.82, 2.24) is 20.9 Å². The Labute approximate surface area is 179 Å². The summed E-state index contributed by atoms with van der Waals surface area (Å²) in [5, 5.41) is 9.18. The molecule has 0 aromatic rings. The van der Waals surface area contributed by atoms with Crippen LogP contribution in [0.3, 0.4) is 0 Å². The molecule has 0 atom stereocenters. The highest BCUT2D eigenvalue weighted by Gasteiger charge is 2.24. The van der Waals surface area contributed by atoms with Crippen LogP contribution in [-0.2, 0) is 9.47 Å². The van der Waals surface area contributed by atoms with Gasteiger partial charge >= 0.3 is 12.2 Å². The normalized spacial score (nSPS) is 15.4. The maximum absolute atomic E-state index is 11.7. The van der Waals surface area contributed by atoms with Gasteiger partial charge in [0, 0.05) is 39.3 Å². The Bertz CT molecular complexity index is 488. The van der Waals surface area contributed by atoms with Crippen LogP contribution in [0.15, 0.2) is 4.99 Å². The Balaban J connectivity index is 0.00000676. The summed E-state index contributed by atoms with van der Waals surface area (Å²) in [5.41, 5.74) is -0.506. The van der Waals surface area contributed by atoms with E-state index in [1.807, 2.05) is 20.8 Å². The lowest BCUT2D eigenvalue weighted by molar-refractivity contribution is 0.0528. The number of carbonyl (C=O) groups excluding carboxylic acids is 2. The van der Waals surface area contributed by atoms with Gasteiger partial charge in [0.2, 0.25) is 0 Å². The highest BCUT2D eigenvalue weighted by molar-refractivity contribution is 14.0. The van der Waals surface area contributed by atoms with E-state index in [1.165, 1.54) is 0 Å². The summed E-state index contributed by atoms with van der Waals surface area (Å²) in [5.74, 6) is 0.672. The van der Waals surface area contributed by atoms with E-state index in [0.29, 0.717) is 38.7 Å². The van der Waals surface area contributed by atoms with Crippen LogP contribution in [0.1, 0.15) is 40.5 Å². The van der Waals surface area contributed by atoms with Crippen molar-refractivity contribution in [3.8, 4) is 0 Å². The highest BCUT2D eigenvalue weighted by Crippen LogP contribution is 2.11. The molecule has 1 rings (SSSR count). The van der Waals surface area contributed by atoms with Crippen molar-refractivity contribution in [2.75, 3.05) is 39.8 Å². The summed E-state index contributed by atoms with van der Waals surface area (Å²) >= 11 is 0. The second-order valence-corrected chi connectivity index (χ2v) is 7.03. The maximum atomic E-state index is 11.7. The van der Waals surface area contributed by atoms with Gasteiger partial charge in [-0.1, -0.05) is 0 Å². The monoisotopic (exact) mass is 499 g/mol. The molecule has 3 N–H and O–H groups in total. The first-order valence-corrected chi connectivity index (χ1v) is 9.11. The number of guanidine groups is 1. The predicted molar refractivity (Wildman–Crippen MR) is 116 cm³/mol. The fourth-order valence-corrected chi connectivity index (χ4v) is 2.47. The number of hydrogen-bond acceptors (Lipinski definition) is 5. The number of aliphatic imine (C=N–C) groups is 1. The van der Waals surface area contributed by atoms with E-state index in [2.05, 4.69) is 20.9 Å². The molecule has 1 saturated heterocycles. The van der Waals surface area contributed by atoms with E-state index in [0.717, 1.165) is 12.8 Å². The van der Waals surface area contributed by atoms with Crippen LogP contribution < -0.4 is 16.0 Å². The molecule has 1 fully saturated rings. The number of ether oxygens (including phenoxy) is 2. The molecule has 0 saturated carbocycles.